The molecule has 1 saturated heterocycles. The predicted molar refractivity (Wildman–Crippen MR) is 129 cm³/mol. The second-order valence-corrected chi connectivity index (χ2v) is 14.0. The molecule has 0 bridgehead atoms. The third-order valence-electron chi connectivity index (χ3n) is 6.32. The van der Waals surface area contributed by atoms with Crippen LogP contribution in [0.4, 0.5) is 5.69 Å². The molecule has 2 heterocycles. The van der Waals surface area contributed by atoms with E-state index in [-0.39, 0.29) is 40.5 Å². The molecule has 1 amide bonds. The minimum absolute atomic E-state index is 0.0489. The second-order valence-electron chi connectivity index (χ2n) is 10.3. The zero-order valence-electron chi connectivity index (χ0n) is 19.4. The summed E-state index contributed by atoms with van der Waals surface area (Å²) < 4.78 is 12.1. The van der Waals surface area contributed by atoms with Gasteiger partial charge in [0.1, 0.15) is 4.88 Å². The van der Waals surface area contributed by atoms with E-state index >= 15 is 0 Å². The summed E-state index contributed by atoms with van der Waals surface area (Å²) in [5.41, 5.74) is 0.164. The van der Waals surface area contributed by atoms with Crippen LogP contribution in [0.25, 0.3) is 0 Å². The van der Waals surface area contributed by atoms with Crippen LogP contribution < -0.4 is 4.90 Å². The molecule has 2 aliphatic rings. The SMILES string of the molecule is CC1CCC(C(=O)N(c2cc(C#CC(C)(C)C)sc2C(=O)O)C2CCP(=O)(O)CC2)CC1. The van der Waals surface area contributed by atoms with Gasteiger partial charge in [-0.05, 0) is 71.3 Å². The molecule has 0 unspecified atom stereocenters. The summed E-state index contributed by atoms with van der Waals surface area (Å²) >= 11 is 1.09. The number of carboxylic acids is 1. The van der Waals surface area contributed by atoms with Gasteiger partial charge in [0.25, 0.3) is 0 Å². The molecule has 1 aliphatic heterocycles. The van der Waals surface area contributed by atoms with Crippen LogP contribution in [0.3, 0.4) is 0 Å². The Bertz CT molecular complexity index is 963. The van der Waals surface area contributed by atoms with Crippen LogP contribution in [0.1, 0.15) is 80.8 Å². The zero-order valence-corrected chi connectivity index (χ0v) is 21.1. The lowest BCUT2D eigenvalue weighted by Gasteiger charge is -2.38. The van der Waals surface area contributed by atoms with Gasteiger partial charge < -0.3 is 14.9 Å². The van der Waals surface area contributed by atoms with E-state index in [1.807, 2.05) is 20.8 Å². The largest absolute Gasteiger partial charge is 0.477 e. The number of rotatable bonds is 4. The lowest BCUT2D eigenvalue weighted by molar-refractivity contribution is -0.124. The van der Waals surface area contributed by atoms with Gasteiger partial charge in [0, 0.05) is 29.7 Å². The highest BCUT2D eigenvalue weighted by molar-refractivity contribution is 7.58. The number of carbonyl (C=O) groups excluding carboxylic acids is 1. The number of aromatic carboxylic acids is 1. The molecule has 3 rings (SSSR count). The van der Waals surface area contributed by atoms with Crippen LogP contribution in [-0.2, 0) is 9.36 Å². The number of anilines is 1. The minimum atomic E-state index is -3.15. The maximum absolute atomic E-state index is 13.7. The fourth-order valence-electron chi connectivity index (χ4n) is 4.44. The van der Waals surface area contributed by atoms with Crippen molar-refractivity contribution in [1.29, 1.82) is 0 Å². The Hall–Kier alpha value is -1.61. The van der Waals surface area contributed by atoms with Crippen molar-refractivity contribution in [2.45, 2.75) is 72.3 Å². The van der Waals surface area contributed by atoms with Gasteiger partial charge in [0.05, 0.1) is 10.6 Å². The number of thiophene rings is 1. The number of nitrogens with zero attached hydrogens (tertiary/aromatic N) is 1. The summed E-state index contributed by atoms with van der Waals surface area (Å²) in [5.74, 6) is 5.55. The fourth-order valence-corrected chi connectivity index (χ4v) is 6.91. The Morgan fingerprint density at radius 3 is 2.25 bits per heavy atom. The lowest BCUT2D eigenvalue weighted by Crippen LogP contribution is -2.47. The Labute approximate surface area is 194 Å². The van der Waals surface area contributed by atoms with Crippen LogP contribution in [0.15, 0.2) is 6.07 Å². The van der Waals surface area contributed by atoms with Crippen molar-refractivity contribution in [2.75, 3.05) is 17.2 Å². The van der Waals surface area contributed by atoms with Crippen molar-refractivity contribution in [2.24, 2.45) is 17.3 Å². The van der Waals surface area contributed by atoms with E-state index < -0.39 is 13.3 Å². The van der Waals surface area contributed by atoms with E-state index in [2.05, 4.69) is 18.8 Å². The molecule has 0 spiro atoms. The number of carboxylic acid groups (broad SMARTS) is 1. The van der Waals surface area contributed by atoms with Gasteiger partial charge >= 0.3 is 5.97 Å². The molecule has 8 heteroatoms. The van der Waals surface area contributed by atoms with Crippen LogP contribution in [0.5, 0.6) is 0 Å². The Morgan fingerprint density at radius 2 is 1.72 bits per heavy atom. The maximum Gasteiger partial charge on any atom is 0.348 e. The summed E-state index contributed by atoms with van der Waals surface area (Å²) in [4.78, 5) is 38.2. The average Bonchev–Trinajstić information content (AvgIpc) is 3.12. The normalized spacial score (nSPS) is 28.5. The Kier molecular flexibility index (Phi) is 7.59. The third kappa shape index (κ3) is 6.25. The lowest BCUT2D eigenvalue weighted by atomic mass is 9.82. The standard InChI is InChI=1S/C24H34NO5PS/c1-16-5-7-17(8-6-16)22(26)25(18-10-13-31(29,30)14-11-18)20-15-19(9-12-24(2,3)4)32-21(20)23(27)28/h15-18H,5-8,10-11,13-14H2,1-4H3,(H,27,28)(H,29,30). The van der Waals surface area contributed by atoms with Gasteiger partial charge in [-0.1, -0.05) is 18.8 Å². The van der Waals surface area contributed by atoms with Crippen LogP contribution in [0.2, 0.25) is 0 Å². The molecule has 6 nitrogen and oxygen atoms in total. The molecule has 0 atom stereocenters. The number of carbonyl (C=O) groups is 2. The topological polar surface area (TPSA) is 94.9 Å². The van der Waals surface area contributed by atoms with E-state index in [4.69, 9.17) is 0 Å². The van der Waals surface area contributed by atoms with Gasteiger partial charge in [0.2, 0.25) is 13.3 Å². The van der Waals surface area contributed by atoms with Crippen LogP contribution in [0, 0.1) is 29.1 Å². The Morgan fingerprint density at radius 1 is 1.12 bits per heavy atom. The van der Waals surface area contributed by atoms with Crippen molar-refractivity contribution in [1.82, 2.24) is 0 Å². The second kappa shape index (κ2) is 9.71. The summed E-state index contributed by atoms with van der Waals surface area (Å²) in [7, 11) is -3.15. The van der Waals surface area contributed by atoms with E-state index in [0.717, 1.165) is 37.0 Å². The molecular formula is C24H34NO5PS. The molecule has 1 saturated carbocycles. The number of hydrogen-bond donors (Lipinski definition) is 2. The smallest absolute Gasteiger partial charge is 0.348 e. The van der Waals surface area contributed by atoms with Crippen LogP contribution in [-0.4, -0.2) is 40.2 Å². The molecule has 1 aromatic heterocycles. The number of hydrogen-bond acceptors (Lipinski definition) is 4. The highest BCUT2D eigenvalue weighted by atomic mass is 32.1. The molecule has 176 valence electrons. The Balaban J connectivity index is 2.01. The average molecular weight is 480 g/mol. The zero-order chi connectivity index (χ0) is 23.7. The van der Waals surface area contributed by atoms with Crippen molar-refractivity contribution in [3.63, 3.8) is 0 Å². The van der Waals surface area contributed by atoms with Gasteiger partial charge in [-0.2, -0.15) is 0 Å². The number of amides is 1. The van der Waals surface area contributed by atoms with Crippen molar-refractivity contribution in [3.05, 3.63) is 15.8 Å². The summed E-state index contributed by atoms with van der Waals surface area (Å²) in [6, 6.07) is 1.45. The summed E-state index contributed by atoms with van der Waals surface area (Å²) in [5, 5.41) is 9.90. The molecule has 1 aromatic rings. The quantitative estimate of drug-likeness (QED) is 0.443. The van der Waals surface area contributed by atoms with E-state index in [9.17, 15) is 24.2 Å². The van der Waals surface area contributed by atoms with E-state index in [0.29, 0.717) is 29.3 Å². The molecule has 0 aromatic carbocycles. The first-order valence-corrected chi connectivity index (χ1v) is 14.2. The molecular weight excluding hydrogens is 445 g/mol. The highest BCUT2D eigenvalue weighted by Crippen LogP contribution is 2.48. The maximum atomic E-state index is 13.7. The van der Waals surface area contributed by atoms with Gasteiger partial charge in [-0.25, -0.2) is 4.79 Å². The van der Waals surface area contributed by atoms with Gasteiger partial charge in [-0.15, -0.1) is 11.3 Å². The molecule has 2 N–H and O–H groups in total. The first-order chi connectivity index (χ1) is 14.9. The first kappa shape index (κ1) is 25.0. The molecule has 0 radical (unpaired) electrons. The van der Waals surface area contributed by atoms with Crippen LogP contribution >= 0.6 is 18.7 Å². The minimum Gasteiger partial charge on any atom is -0.477 e. The van der Waals surface area contributed by atoms with Crippen molar-refractivity contribution < 1.29 is 24.2 Å². The molecule has 1 aliphatic carbocycles. The van der Waals surface area contributed by atoms with Crippen molar-refractivity contribution in [3.8, 4) is 11.8 Å². The summed E-state index contributed by atoms with van der Waals surface area (Å²) in [6.07, 6.45) is 4.69. The van der Waals surface area contributed by atoms with E-state index in [1.165, 1.54) is 0 Å². The first-order valence-electron chi connectivity index (χ1n) is 11.4. The van der Waals surface area contributed by atoms with Crippen molar-refractivity contribution >= 4 is 36.3 Å². The van der Waals surface area contributed by atoms with Gasteiger partial charge in [0.15, 0.2) is 0 Å². The van der Waals surface area contributed by atoms with E-state index in [1.54, 1.807) is 11.0 Å². The van der Waals surface area contributed by atoms with Gasteiger partial charge in [-0.3, -0.25) is 9.36 Å². The third-order valence-corrected chi connectivity index (χ3v) is 9.26. The summed E-state index contributed by atoms with van der Waals surface area (Å²) in [6.45, 7) is 8.16. The highest BCUT2D eigenvalue weighted by Gasteiger charge is 2.39. The monoisotopic (exact) mass is 479 g/mol. The molecule has 2 fully saturated rings. The predicted octanol–water partition coefficient (Wildman–Crippen LogP) is 5.44. The molecule has 32 heavy (non-hydrogen) atoms. The fraction of sp³-hybridized carbons (Fsp3) is 0.667.